The minimum absolute atomic E-state index is 0.713. The van der Waals surface area contributed by atoms with Crippen molar-refractivity contribution in [3.8, 4) is 5.69 Å². The van der Waals surface area contributed by atoms with Gasteiger partial charge < -0.3 is 14.0 Å². The van der Waals surface area contributed by atoms with Crippen LogP contribution in [0.5, 0.6) is 0 Å². The fourth-order valence-corrected chi connectivity index (χ4v) is 4.37. The summed E-state index contributed by atoms with van der Waals surface area (Å²) in [4.78, 5) is 6.95. The third kappa shape index (κ3) is 3.61. The normalized spacial score (nSPS) is 14.6. The van der Waals surface area contributed by atoms with Crippen LogP contribution in [0.1, 0.15) is 11.3 Å². The number of aryl methyl sites for hydroxylation is 1. The quantitative estimate of drug-likeness (QED) is 0.474. The molecule has 0 N–H and O–H groups in total. The van der Waals surface area contributed by atoms with E-state index < -0.39 is 0 Å². The molecule has 1 aliphatic rings. The van der Waals surface area contributed by atoms with Crippen LogP contribution >= 0.6 is 11.8 Å². The molecule has 0 aliphatic carbocycles. The second kappa shape index (κ2) is 7.88. The smallest absolute Gasteiger partial charge is 0.232 e. The molecule has 29 heavy (non-hydrogen) atoms. The topological polar surface area (TPSA) is 60.5 Å². The Bertz CT molecular complexity index is 1100. The molecule has 1 fully saturated rings. The summed E-state index contributed by atoms with van der Waals surface area (Å²) in [6.45, 7) is 5.19. The van der Waals surface area contributed by atoms with E-state index in [4.69, 9.17) is 9.72 Å². The van der Waals surface area contributed by atoms with Crippen molar-refractivity contribution in [2.45, 2.75) is 17.8 Å². The van der Waals surface area contributed by atoms with Crippen molar-refractivity contribution in [3.05, 3.63) is 66.1 Å². The first-order valence-corrected chi connectivity index (χ1v) is 10.7. The van der Waals surface area contributed by atoms with Gasteiger partial charge in [0.25, 0.3) is 0 Å². The molecular formula is C21H22N6OS. The Morgan fingerprint density at radius 1 is 1.03 bits per heavy atom. The average Bonchev–Trinajstić information content (AvgIpc) is 3.37. The minimum atomic E-state index is 0.713. The molecule has 4 aromatic rings. The van der Waals surface area contributed by atoms with E-state index in [0.717, 1.165) is 47.0 Å². The zero-order valence-corrected chi connectivity index (χ0v) is 17.0. The van der Waals surface area contributed by atoms with Crippen LogP contribution in [0.2, 0.25) is 0 Å². The zero-order chi connectivity index (χ0) is 19.6. The monoisotopic (exact) mass is 406 g/mol. The lowest BCUT2D eigenvalue weighted by Crippen LogP contribution is -2.38. The van der Waals surface area contributed by atoms with Gasteiger partial charge in [-0.2, -0.15) is 0 Å². The van der Waals surface area contributed by atoms with Crippen LogP contribution in [0.15, 0.2) is 60.0 Å². The maximum Gasteiger partial charge on any atom is 0.232 e. The number of anilines is 1. The Morgan fingerprint density at radius 2 is 1.86 bits per heavy atom. The van der Waals surface area contributed by atoms with Gasteiger partial charge in [-0.1, -0.05) is 36.0 Å². The molecule has 5 rings (SSSR count). The predicted octanol–water partition coefficient (Wildman–Crippen LogP) is 3.35. The molecule has 1 aliphatic heterocycles. The van der Waals surface area contributed by atoms with Gasteiger partial charge in [-0.05, 0) is 30.7 Å². The number of pyridine rings is 1. The van der Waals surface area contributed by atoms with Gasteiger partial charge in [0.1, 0.15) is 5.65 Å². The van der Waals surface area contributed by atoms with Crippen molar-refractivity contribution < 1.29 is 4.74 Å². The molecule has 148 valence electrons. The number of imidazole rings is 1. The molecule has 0 unspecified atom stereocenters. The number of hydrogen-bond donors (Lipinski definition) is 0. The van der Waals surface area contributed by atoms with E-state index in [0.29, 0.717) is 13.2 Å². The van der Waals surface area contributed by atoms with Crippen molar-refractivity contribution in [1.82, 2.24) is 24.1 Å². The highest BCUT2D eigenvalue weighted by Gasteiger charge is 2.22. The van der Waals surface area contributed by atoms with Crippen LogP contribution in [-0.2, 0) is 10.5 Å². The standard InChI is InChI=1S/C21H22N6OS/c1-16-6-2-3-7-18(16)27-20(25-10-12-28-13-11-25)23-24-21(27)29-15-17-14-26-9-5-4-8-19(26)22-17/h2-9,14H,10-13,15H2,1H3. The van der Waals surface area contributed by atoms with Crippen LogP contribution < -0.4 is 4.90 Å². The van der Waals surface area contributed by atoms with Crippen LogP contribution in [-0.4, -0.2) is 50.5 Å². The number of benzene rings is 1. The summed E-state index contributed by atoms with van der Waals surface area (Å²) in [6, 6.07) is 14.4. The third-order valence-electron chi connectivity index (χ3n) is 5.03. The second-order valence-electron chi connectivity index (χ2n) is 6.99. The van der Waals surface area contributed by atoms with E-state index in [1.54, 1.807) is 11.8 Å². The fraction of sp³-hybridized carbons (Fsp3) is 0.286. The van der Waals surface area contributed by atoms with Crippen molar-refractivity contribution in [2.24, 2.45) is 0 Å². The second-order valence-corrected chi connectivity index (χ2v) is 7.93. The minimum Gasteiger partial charge on any atom is -0.378 e. The Kier molecular flexibility index (Phi) is 4.95. The number of fused-ring (bicyclic) bond motifs is 1. The van der Waals surface area contributed by atoms with E-state index in [-0.39, 0.29) is 0 Å². The third-order valence-corrected chi connectivity index (χ3v) is 5.99. The summed E-state index contributed by atoms with van der Waals surface area (Å²) in [5.74, 6) is 1.61. The highest BCUT2D eigenvalue weighted by molar-refractivity contribution is 7.98. The van der Waals surface area contributed by atoms with E-state index in [2.05, 4.69) is 57.1 Å². The summed E-state index contributed by atoms with van der Waals surface area (Å²) in [5, 5.41) is 9.96. The lowest BCUT2D eigenvalue weighted by molar-refractivity contribution is 0.122. The Balaban J connectivity index is 1.48. The number of aromatic nitrogens is 5. The molecule has 8 heteroatoms. The first kappa shape index (κ1) is 18.2. The maximum atomic E-state index is 5.52. The van der Waals surface area contributed by atoms with Crippen molar-refractivity contribution in [3.63, 3.8) is 0 Å². The summed E-state index contributed by atoms with van der Waals surface area (Å²) < 4.78 is 9.73. The summed E-state index contributed by atoms with van der Waals surface area (Å²) >= 11 is 1.66. The first-order chi connectivity index (χ1) is 14.3. The molecule has 4 heterocycles. The number of para-hydroxylation sites is 1. The predicted molar refractivity (Wildman–Crippen MR) is 114 cm³/mol. The van der Waals surface area contributed by atoms with Gasteiger partial charge in [-0.15, -0.1) is 10.2 Å². The van der Waals surface area contributed by atoms with E-state index >= 15 is 0 Å². The van der Waals surface area contributed by atoms with Gasteiger partial charge in [0.05, 0.1) is 24.6 Å². The molecule has 0 saturated carbocycles. The number of nitrogens with zero attached hydrogens (tertiary/aromatic N) is 6. The Morgan fingerprint density at radius 3 is 2.69 bits per heavy atom. The molecule has 0 radical (unpaired) electrons. The fourth-order valence-electron chi connectivity index (χ4n) is 3.54. The van der Waals surface area contributed by atoms with Crippen LogP contribution in [0.3, 0.4) is 0 Å². The number of thioether (sulfide) groups is 1. The van der Waals surface area contributed by atoms with E-state index in [1.165, 1.54) is 5.56 Å². The highest BCUT2D eigenvalue weighted by atomic mass is 32.2. The molecule has 7 nitrogen and oxygen atoms in total. The maximum absolute atomic E-state index is 5.52. The van der Waals surface area contributed by atoms with Crippen LogP contribution in [0, 0.1) is 6.92 Å². The lowest BCUT2D eigenvalue weighted by Gasteiger charge is -2.28. The van der Waals surface area contributed by atoms with Gasteiger partial charge in [-0.3, -0.25) is 4.57 Å². The van der Waals surface area contributed by atoms with E-state index in [1.807, 2.05) is 28.8 Å². The zero-order valence-electron chi connectivity index (χ0n) is 16.2. The highest BCUT2D eigenvalue weighted by Crippen LogP contribution is 2.30. The first-order valence-electron chi connectivity index (χ1n) is 9.69. The van der Waals surface area contributed by atoms with Gasteiger partial charge in [-0.25, -0.2) is 4.98 Å². The molecule has 0 atom stereocenters. The molecule has 1 saturated heterocycles. The molecule has 0 spiro atoms. The van der Waals surface area contributed by atoms with Crippen molar-refractivity contribution in [1.29, 1.82) is 0 Å². The molecule has 0 amide bonds. The summed E-state index contributed by atoms with van der Waals surface area (Å²) in [6.07, 6.45) is 4.09. The van der Waals surface area contributed by atoms with Gasteiger partial charge in [0.15, 0.2) is 5.16 Å². The molecule has 0 bridgehead atoms. The van der Waals surface area contributed by atoms with Gasteiger partial charge in [0.2, 0.25) is 5.95 Å². The SMILES string of the molecule is Cc1ccccc1-n1c(SCc2cn3ccccc3n2)nnc1N1CCOCC1. The van der Waals surface area contributed by atoms with Crippen molar-refractivity contribution in [2.75, 3.05) is 31.2 Å². The number of ether oxygens (including phenoxy) is 1. The summed E-state index contributed by atoms with van der Waals surface area (Å²) in [7, 11) is 0. The number of hydrogen-bond acceptors (Lipinski definition) is 6. The largest absolute Gasteiger partial charge is 0.378 e. The van der Waals surface area contributed by atoms with Gasteiger partial charge in [0, 0.05) is 31.2 Å². The lowest BCUT2D eigenvalue weighted by atomic mass is 10.2. The van der Waals surface area contributed by atoms with Crippen LogP contribution in [0.25, 0.3) is 11.3 Å². The van der Waals surface area contributed by atoms with Crippen molar-refractivity contribution >= 4 is 23.4 Å². The number of morpholine rings is 1. The summed E-state index contributed by atoms with van der Waals surface area (Å²) in [5.41, 5.74) is 4.28. The molecule has 1 aromatic carbocycles. The molecular weight excluding hydrogens is 384 g/mol. The van der Waals surface area contributed by atoms with Gasteiger partial charge >= 0.3 is 0 Å². The molecule has 3 aromatic heterocycles. The van der Waals surface area contributed by atoms with E-state index in [9.17, 15) is 0 Å². The number of rotatable bonds is 5. The Hall–Kier alpha value is -2.84. The van der Waals surface area contributed by atoms with Crippen LogP contribution in [0.4, 0.5) is 5.95 Å². The average molecular weight is 407 g/mol. The Labute approximate surface area is 173 Å².